The van der Waals surface area contributed by atoms with Crippen LogP contribution in [0.1, 0.15) is 16.4 Å². The molecule has 0 atom stereocenters. The summed E-state index contributed by atoms with van der Waals surface area (Å²) in [6.07, 6.45) is 0. The number of para-hydroxylation sites is 3. The summed E-state index contributed by atoms with van der Waals surface area (Å²) in [4.78, 5) is 19.5. The smallest absolute Gasteiger partial charge is 0.217 e. The van der Waals surface area contributed by atoms with Crippen molar-refractivity contribution in [3.05, 3.63) is 66.2 Å². The highest BCUT2D eigenvalue weighted by molar-refractivity contribution is 5.98. The quantitative estimate of drug-likeness (QED) is 0.522. The number of Topliss-reactive ketones (excluding diaryl/α,β-unsaturated/α-hetero) is 1. The third kappa shape index (κ3) is 2.94. The van der Waals surface area contributed by atoms with Gasteiger partial charge in [0.25, 0.3) is 0 Å². The Kier molecular flexibility index (Phi) is 3.86. The van der Waals surface area contributed by atoms with Gasteiger partial charge in [-0.1, -0.05) is 30.3 Å². The van der Waals surface area contributed by atoms with Crippen LogP contribution in [-0.4, -0.2) is 34.3 Å². The number of hydrogen-bond acceptors (Lipinski definition) is 4. The first-order valence-electron chi connectivity index (χ1n) is 8.22. The first-order valence-corrected chi connectivity index (χ1v) is 8.22. The second-order valence-corrected chi connectivity index (χ2v) is 6.41. The van der Waals surface area contributed by atoms with Gasteiger partial charge in [0, 0.05) is 5.39 Å². The average Bonchev–Trinajstić information content (AvgIpc) is 3.16. The van der Waals surface area contributed by atoms with Gasteiger partial charge < -0.3 is 13.9 Å². The van der Waals surface area contributed by atoms with Gasteiger partial charge in [0.1, 0.15) is 11.4 Å². The molecule has 0 fully saturated rings. The second kappa shape index (κ2) is 6.18. The molecular formula is C20H19N3O2. The number of nitrogens with zero attached hydrogens (tertiary/aromatic N) is 3. The molecule has 0 radical (unpaired) electrons. The number of fused-ring (bicyclic) bond motifs is 2. The van der Waals surface area contributed by atoms with E-state index >= 15 is 0 Å². The minimum Gasteiger partial charge on any atom is -0.453 e. The molecule has 25 heavy (non-hydrogen) atoms. The summed E-state index contributed by atoms with van der Waals surface area (Å²) < 4.78 is 7.69. The van der Waals surface area contributed by atoms with E-state index in [0.717, 1.165) is 27.8 Å². The van der Waals surface area contributed by atoms with Crippen molar-refractivity contribution in [3.8, 4) is 0 Å². The van der Waals surface area contributed by atoms with Crippen LogP contribution in [0.3, 0.4) is 0 Å². The molecule has 0 N–H and O–H groups in total. The normalized spacial score (nSPS) is 11.6. The predicted octanol–water partition coefficient (Wildman–Crippen LogP) is 3.73. The summed E-state index contributed by atoms with van der Waals surface area (Å²) in [5, 5.41) is 0.940. The molecule has 0 saturated heterocycles. The molecule has 0 aliphatic carbocycles. The van der Waals surface area contributed by atoms with Crippen molar-refractivity contribution in [2.45, 2.75) is 13.1 Å². The van der Waals surface area contributed by atoms with Crippen molar-refractivity contribution < 1.29 is 9.21 Å². The van der Waals surface area contributed by atoms with E-state index in [1.807, 2.05) is 78.2 Å². The third-order valence-corrected chi connectivity index (χ3v) is 4.19. The van der Waals surface area contributed by atoms with E-state index in [9.17, 15) is 4.79 Å². The second-order valence-electron chi connectivity index (χ2n) is 6.41. The molecule has 0 aliphatic heterocycles. The highest BCUT2D eigenvalue weighted by Gasteiger charge is 2.18. The Morgan fingerprint density at radius 1 is 1.12 bits per heavy atom. The lowest BCUT2D eigenvalue weighted by atomic mass is 10.2. The number of furan rings is 1. The topological polar surface area (TPSA) is 51.3 Å². The van der Waals surface area contributed by atoms with E-state index in [0.29, 0.717) is 12.3 Å². The maximum atomic E-state index is 12.8. The van der Waals surface area contributed by atoms with Crippen molar-refractivity contribution in [2.24, 2.45) is 0 Å². The van der Waals surface area contributed by atoms with Crippen LogP contribution in [0.5, 0.6) is 0 Å². The number of ketones is 1. The van der Waals surface area contributed by atoms with E-state index in [4.69, 9.17) is 4.42 Å². The number of aromatic nitrogens is 2. The van der Waals surface area contributed by atoms with Crippen molar-refractivity contribution in [1.82, 2.24) is 14.5 Å². The third-order valence-electron chi connectivity index (χ3n) is 4.19. The monoisotopic (exact) mass is 333 g/mol. The molecule has 4 aromatic rings. The molecule has 5 heteroatoms. The molecule has 0 bridgehead atoms. The van der Waals surface area contributed by atoms with Gasteiger partial charge >= 0.3 is 0 Å². The Labute approximate surface area is 145 Å². The highest BCUT2D eigenvalue weighted by atomic mass is 16.3. The first kappa shape index (κ1) is 15.6. The fraction of sp³-hybridized carbons (Fsp3) is 0.200. The van der Waals surface area contributed by atoms with Gasteiger partial charge in [-0.25, -0.2) is 4.98 Å². The Morgan fingerprint density at radius 3 is 2.68 bits per heavy atom. The molecule has 0 spiro atoms. The Bertz CT molecular complexity index is 1030. The molecule has 5 nitrogen and oxygen atoms in total. The minimum atomic E-state index is -0.0561. The maximum absolute atomic E-state index is 12.8. The van der Waals surface area contributed by atoms with Crippen LogP contribution in [0.25, 0.3) is 22.0 Å². The number of imidazole rings is 1. The molecule has 126 valence electrons. The number of carbonyl (C=O) groups is 1. The molecule has 0 saturated carbocycles. The Hall–Kier alpha value is -2.92. The van der Waals surface area contributed by atoms with Crippen LogP contribution in [0.2, 0.25) is 0 Å². The zero-order chi connectivity index (χ0) is 17.4. The van der Waals surface area contributed by atoms with Crippen molar-refractivity contribution in [2.75, 3.05) is 14.1 Å². The number of hydrogen-bond donors (Lipinski definition) is 0. The molecule has 2 aromatic heterocycles. The van der Waals surface area contributed by atoms with Gasteiger partial charge in [-0.2, -0.15) is 0 Å². The molecule has 4 rings (SSSR count). The van der Waals surface area contributed by atoms with Crippen LogP contribution in [0.15, 0.2) is 59.0 Å². The average molecular weight is 333 g/mol. The Morgan fingerprint density at radius 2 is 1.88 bits per heavy atom. The lowest BCUT2D eigenvalue weighted by molar-refractivity contribution is 0.0946. The fourth-order valence-electron chi connectivity index (χ4n) is 3.05. The van der Waals surface area contributed by atoms with Crippen molar-refractivity contribution in [3.63, 3.8) is 0 Å². The lowest BCUT2D eigenvalue weighted by Gasteiger charge is -2.11. The highest BCUT2D eigenvalue weighted by Crippen LogP contribution is 2.22. The van der Waals surface area contributed by atoms with E-state index in [2.05, 4.69) is 4.98 Å². The molecule has 0 aliphatic rings. The van der Waals surface area contributed by atoms with Gasteiger partial charge in [-0.3, -0.25) is 4.79 Å². The molecule has 0 amide bonds. The van der Waals surface area contributed by atoms with Crippen LogP contribution in [0.4, 0.5) is 0 Å². The van der Waals surface area contributed by atoms with Gasteiger partial charge in [0.2, 0.25) is 5.78 Å². The summed E-state index contributed by atoms with van der Waals surface area (Å²) in [7, 11) is 3.98. The minimum absolute atomic E-state index is 0.0561. The summed E-state index contributed by atoms with van der Waals surface area (Å²) in [5.74, 6) is 1.20. The lowest BCUT2D eigenvalue weighted by Crippen LogP contribution is -2.18. The Balaban J connectivity index is 1.72. The van der Waals surface area contributed by atoms with E-state index in [1.165, 1.54) is 0 Å². The van der Waals surface area contributed by atoms with E-state index in [-0.39, 0.29) is 12.3 Å². The molecule has 0 unspecified atom stereocenters. The summed E-state index contributed by atoms with van der Waals surface area (Å²) >= 11 is 0. The number of benzene rings is 2. The van der Waals surface area contributed by atoms with Crippen molar-refractivity contribution in [1.29, 1.82) is 0 Å². The number of carbonyl (C=O) groups excluding carboxylic acids is 1. The fourth-order valence-corrected chi connectivity index (χ4v) is 3.05. The number of rotatable bonds is 5. The SMILES string of the molecule is CN(C)Cc1nc2ccccc2n1CC(=O)c1cc2ccccc2o1. The van der Waals surface area contributed by atoms with Crippen LogP contribution >= 0.6 is 0 Å². The van der Waals surface area contributed by atoms with E-state index < -0.39 is 0 Å². The van der Waals surface area contributed by atoms with Gasteiger partial charge in [-0.05, 0) is 38.4 Å². The van der Waals surface area contributed by atoms with Gasteiger partial charge in [0.05, 0.1) is 24.1 Å². The summed E-state index contributed by atoms with van der Waals surface area (Å²) in [5.41, 5.74) is 2.59. The zero-order valence-corrected chi connectivity index (χ0v) is 14.3. The maximum Gasteiger partial charge on any atom is 0.217 e. The zero-order valence-electron chi connectivity index (χ0n) is 14.3. The van der Waals surface area contributed by atoms with E-state index in [1.54, 1.807) is 0 Å². The summed E-state index contributed by atoms with van der Waals surface area (Å²) in [6.45, 7) is 0.881. The molecule has 2 aromatic carbocycles. The van der Waals surface area contributed by atoms with Crippen molar-refractivity contribution >= 4 is 27.8 Å². The standard InChI is InChI=1S/C20H19N3O2/c1-22(2)13-20-21-15-8-4-5-9-16(15)23(20)12-17(24)19-11-14-7-3-6-10-18(14)25-19/h3-11H,12-13H2,1-2H3. The van der Waals surface area contributed by atoms with Crippen LogP contribution in [0, 0.1) is 0 Å². The van der Waals surface area contributed by atoms with Crippen LogP contribution < -0.4 is 0 Å². The van der Waals surface area contributed by atoms with Crippen LogP contribution in [-0.2, 0) is 13.1 Å². The summed E-state index contributed by atoms with van der Waals surface area (Å²) in [6, 6.07) is 17.3. The predicted molar refractivity (Wildman–Crippen MR) is 97.7 cm³/mol. The van der Waals surface area contributed by atoms with Gasteiger partial charge in [-0.15, -0.1) is 0 Å². The molecular weight excluding hydrogens is 314 g/mol. The van der Waals surface area contributed by atoms with Gasteiger partial charge in [0.15, 0.2) is 5.76 Å². The largest absolute Gasteiger partial charge is 0.453 e. The molecule has 2 heterocycles. The first-order chi connectivity index (χ1) is 12.1.